The maximum absolute atomic E-state index is 5.47. The van der Waals surface area contributed by atoms with Gasteiger partial charge in [0, 0.05) is 19.6 Å². The van der Waals surface area contributed by atoms with Gasteiger partial charge in [-0.05, 0) is 41.5 Å². The van der Waals surface area contributed by atoms with Gasteiger partial charge >= 0.3 is 0 Å². The van der Waals surface area contributed by atoms with Crippen LogP contribution in [-0.4, -0.2) is 31.2 Å². The lowest BCUT2D eigenvalue weighted by atomic mass is 9.97. The minimum Gasteiger partial charge on any atom is -0.379 e. The van der Waals surface area contributed by atoms with E-state index in [1.54, 1.807) is 0 Å². The van der Waals surface area contributed by atoms with E-state index in [-0.39, 0.29) is 0 Å². The van der Waals surface area contributed by atoms with Crippen LogP contribution in [0, 0.1) is 0 Å². The second-order valence-corrected chi connectivity index (χ2v) is 6.76. The monoisotopic (exact) mass is 323 g/mol. The molecular weight excluding hydrogens is 294 g/mol. The van der Waals surface area contributed by atoms with E-state index < -0.39 is 0 Å². The summed E-state index contributed by atoms with van der Waals surface area (Å²) in [6.45, 7) is 7.10. The van der Waals surface area contributed by atoms with E-state index in [0.717, 1.165) is 39.3 Å². The van der Waals surface area contributed by atoms with Gasteiger partial charge in [-0.3, -0.25) is 4.90 Å². The molecule has 0 bridgehead atoms. The number of hydrogen-bond acceptors (Lipinski definition) is 2. The summed E-state index contributed by atoms with van der Waals surface area (Å²) in [6.07, 6.45) is 4.75. The second-order valence-electron chi connectivity index (χ2n) is 6.76. The van der Waals surface area contributed by atoms with Crippen molar-refractivity contribution in [3.8, 4) is 0 Å². The van der Waals surface area contributed by atoms with Crippen molar-refractivity contribution in [3.63, 3.8) is 0 Å². The first-order chi connectivity index (χ1) is 11.8. The molecule has 0 spiro atoms. The van der Waals surface area contributed by atoms with E-state index in [0.29, 0.717) is 0 Å². The number of unbranched alkanes of at least 4 members (excludes halogenated alkanes) is 1. The molecule has 2 aromatic carbocycles. The first kappa shape index (κ1) is 17.2. The van der Waals surface area contributed by atoms with Crippen LogP contribution in [-0.2, 0) is 24.1 Å². The van der Waals surface area contributed by atoms with Crippen LogP contribution < -0.4 is 0 Å². The summed E-state index contributed by atoms with van der Waals surface area (Å²) in [5.41, 5.74) is 5.81. The fourth-order valence-corrected chi connectivity index (χ4v) is 3.38. The van der Waals surface area contributed by atoms with Crippen molar-refractivity contribution < 1.29 is 4.74 Å². The molecule has 0 saturated carbocycles. The van der Waals surface area contributed by atoms with E-state index >= 15 is 0 Å². The zero-order chi connectivity index (χ0) is 16.6. The van der Waals surface area contributed by atoms with Gasteiger partial charge in [0.15, 0.2) is 0 Å². The summed E-state index contributed by atoms with van der Waals surface area (Å²) < 4.78 is 5.47. The molecule has 1 aliphatic rings. The number of benzene rings is 2. The lowest BCUT2D eigenvalue weighted by molar-refractivity contribution is 0.0341. The van der Waals surface area contributed by atoms with Crippen LogP contribution in [0.15, 0.2) is 48.5 Å². The van der Waals surface area contributed by atoms with Crippen LogP contribution in [0.5, 0.6) is 0 Å². The molecule has 0 atom stereocenters. The second kappa shape index (κ2) is 9.00. The summed E-state index contributed by atoms with van der Waals surface area (Å²) in [6, 6.07) is 18.0. The van der Waals surface area contributed by atoms with Gasteiger partial charge in [0.25, 0.3) is 0 Å². The van der Waals surface area contributed by atoms with Gasteiger partial charge in [-0.2, -0.15) is 0 Å². The Bertz CT molecular complexity index is 631. The van der Waals surface area contributed by atoms with Crippen LogP contribution in [0.3, 0.4) is 0 Å². The molecule has 0 radical (unpaired) electrons. The Morgan fingerprint density at radius 2 is 1.67 bits per heavy atom. The molecule has 1 fully saturated rings. The van der Waals surface area contributed by atoms with E-state index in [4.69, 9.17) is 4.74 Å². The van der Waals surface area contributed by atoms with E-state index in [1.807, 2.05) is 0 Å². The molecule has 0 aromatic heterocycles. The Hall–Kier alpha value is -1.64. The van der Waals surface area contributed by atoms with Gasteiger partial charge < -0.3 is 4.74 Å². The molecule has 128 valence electrons. The molecule has 0 amide bonds. The van der Waals surface area contributed by atoms with Crippen LogP contribution in [0.2, 0.25) is 0 Å². The van der Waals surface area contributed by atoms with Gasteiger partial charge in [0.2, 0.25) is 0 Å². The zero-order valence-electron chi connectivity index (χ0n) is 14.8. The van der Waals surface area contributed by atoms with Crippen molar-refractivity contribution in [2.24, 2.45) is 0 Å². The predicted octanol–water partition coefficient (Wildman–Crippen LogP) is 4.45. The number of aryl methyl sites for hydroxylation is 1. The minimum absolute atomic E-state index is 0.863. The van der Waals surface area contributed by atoms with Crippen LogP contribution in [0.4, 0.5) is 0 Å². The molecule has 1 aliphatic heterocycles. The van der Waals surface area contributed by atoms with Crippen molar-refractivity contribution in [2.75, 3.05) is 26.3 Å². The lowest BCUT2D eigenvalue weighted by Gasteiger charge is -2.27. The summed E-state index contributed by atoms with van der Waals surface area (Å²) in [5.74, 6) is 0. The summed E-state index contributed by atoms with van der Waals surface area (Å²) in [5, 5.41) is 0. The Kier molecular flexibility index (Phi) is 6.45. The molecule has 1 heterocycles. The Labute approximate surface area is 146 Å². The van der Waals surface area contributed by atoms with E-state index in [2.05, 4.69) is 60.4 Å². The SMILES string of the molecule is CCCCc1cccc(Cc2ccccc2CN2CCOCC2)c1. The number of morpholine rings is 1. The Morgan fingerprint density at radius 1 is 0.917 bits per heavy atom. The van der Waals surface area contributed by atoms with Crippen molar-refractivity contribution in [1.29, 1.82) is 0 Å². The average Bonchev–Trinajstić information content (AvgIpc) is 2.63. The smallest absolute Gasteiger partial charge is 0.0594 e. The predicted molar refractivity (Wildman–Crippen MR) is 100 cm³/mol. The quantitative estimate of drug-likeness (QED) is 0.746. The third kappa shape index (κ3) is 4.93. The first-order valence-corrected chi connectivity index (χ1v) is 9.30. The largest absolute Gasteiger partial charge is 0.379 e. The maximum atomic E-state index is 5.47. The molecule has 0 unspecified atom stereocenters. The minimum atomic E-state index is 0.863. The average molecular weight is 323 g/mol. The van der Waals surface area contributed by atoms with E-state index in [9.17, 15) is 0 Å². The first-order valence-electron chi connectivity index (χ1n) is 9.30. The number of nitrogens with zero attached hydrogens (tertiary/aromatic N) is 1. The highest BCUT2D eigenvalue weighted by Crippen LogP contribution is 2.18. The third-order valence-corrected chi connectivity index (χ3v) is 4.82. The number of rotatable bonds is 7. The topological polar surface area (TPSA) is 12.5 Å². The summed E-state index contributed by atoms with van der Waals surface area (Å²) >= 11 is 0. The summed E-state index contributed by atoms with van der Waals surface area (Å²) in [7, 11) is 0. The highest BCUT2D eigenvalue weighted by Gasteiger charge is 2.12. The molecule has 2 aromatic rings. The van der Waals surface area contributed by atoms with Crippen molar-refractivity contribution in [3.05, 3.63) is 70.8 Å². The van der Waals surface area contributed by atoms with Crippen LogP contribution >= 0.6 is 0 Å². The Morgan fingerprint density at radius 3 is 2.46 bits per heavy atom. The van der Waals surface area contributed by atoms with Gasteiger partial charge in [0.1, 0.15) is 0 Å². The Balaban J connectivity index is 1.70. The zero-order valence-corrected chi connectivity index (χ0v) is 14.8. The fourth-order valence-electron chi connectivity index (χ4n) is 3.38. The third-order valence-electron chi connectivity index (χ3n) is 4.82. The van der Waals surface area contributed by atoms with Crippen molar-refractivity contribution in [2.45, 2.75) is 39.2 Å². The maximum Gasteiger partial charge on any atom is 0.0594 e. The molecule has 2 nitrogen and oxygen atoms in total. The van der Waals surface area contributed by atoms with Gasteiger partial charge in [0.05, 0.1) is 13.2 Å². The van der Waals surface area contributed by atoms with Gasteiger partial charge in [-0.1, -0.05) is 61.9 Å². The molecule has 0 aliphatic carbocycles. The highest BCUT2D eigenvalue weighted by molar-refractivity contribution is 5.34. The number of ether oxygens (including phenoxy) is 1. The van der Waals surface area contributed by atoms with Gasteiger partial charge in [-0.15, -0.1) is 0 Å². The number of hydrogen-bond donors (Lipinski definition) is 0. The van der Waals surface area contributed by atoms with Gasteiger partial charge in [-0.25, -0.2) is 0 Å². The molecule has 2 heteroatoms. The van der Waals surface area contributed by atoms with Crippen LogP contribution in [0.25, 0.3) is 0 Å². The highest BCUT2D eigenvalue weighted by atomic mass is 16.5. The molecule has 1 saturated heterocycles. The van der Waals surface area contributed by atoms with Crippen molar-refractivity contribution >= 4 is 0 Å². The fraction of sp³-hybridized carbons (Fsp3) is 0.455. The molecule has 24 heavy (non-hydrogen) atoms. The molecule has 3 rings (SSSR count). The molecular formula is C22H29NO. The normalized spacial score (nSPS) is 15.5. The lowest BCUT2D eigenvalue weighted by Crippen LogP contribution is -2.35. The summed E-state index contributed by atoms with van der Waals surface area (Å²) in [4.78, 5) is 2.50. The standard InChI is InChI=1S/C22H29NO/c1-2-3-7-19-8-6-9-20(16-19)17-21-10-4-5-11-22(21)18-23-12-14-24-15-13-23/h4-6,8-11,16H,2-3,7,12-15,17-18H2,1H3. The van der Waals surface area contributed by atoms with Crippen LogP contribution in [0.1, 0.15) is 42.0 Å². The van der Waals surface area contributed by atoms with E-state index in [1.165, 1.54) is 41.5 Å². The molecule has 0 N–H and O–H groups in total. The van der Waals surface area contributed by atoms with Crippen molar-refractivity contribution in [1.82, 2.24) is 4.90 Å².